The molecule has 0 radical (unpaired) electrons. The van der Waals surface area contributed by atoms with Crippen LogP contribution in [-0.2, 0) is 28.1 Å². The average Bonchev–Trinajstić information content (AvgIpc) is 3.24. The molecule has 1 atom stereocenters. The summed E-state index contributed by atoms with van der Waals surface area (Å²) in [5.41, 5.74) is 3.54. The largest absolute Gasteiger partial charge is 0.421 e. The molecule has 10 nitrogen and oxygen atoms in total. The van der Waals surface area contributed by atoms with Gasteiger partial charge in [0.05, 0.1) is 13.1 Å². The Bertz CT molecular complexity index is 1230. The van der Waals surface area contributed by atoms with Gasteiger partial charge in [0.1, 0.15) is 5.04 Å². The summed E-state index contributed by atoms with van der Waals surface area (Å²) in [6, 6.07) is 5.58. The van der Waals surface area contributed by atoms with Crippen LogP contribution in [0.5, 0.6) is 0 Å². The molecule has 4 rings (SSSR count). The third kappa shape index (κ3) is 5.51. The number of carbonyl (C=O) groups is 1. The van der Waals surface area contributed by atoms with Gasteiger partial charge < -0.3 is 9.73 Å². The van der Waals surface area contributed by atoms with Crippen molar-refractivity contribution in [1.29, 1.82) is 0 Å². The van der Waals surface area contributed by atoms with Gasteiger partial charge in [0, 0.05) is 11.8 Å². The van der Waals surface area contributed by atoms with Gasteiger partial charge in [0.2, 0.25) is 17.7 Å². The monoisotopic (exact) mass is 474 g/mol. The van der Waals surface area contributed by atoms with Crippen LogP contribution in [0.15, 0.2) is 50.7 Å². The first-order valence-electron chi connectivity index (χ1n) is 9.86. The third-order valence-electron chi connectivity index (χ3n) is 4.82. The van der Waals surface area contributed by atoms with Gasteiger partial charge in [-0.05, 0) is 35.6 Å². The van der Waals surface area contributed by atoms with E-state index >= 15 is 0 Å². The molecule has 2 heterocycles. The second-order valence-corrected chi connectivity index (χ2v) is 9.71. The van der Waals surface area contributed by atoms with Gasteiger partial charge >= 0.3 is 0 Å². The van der Waals surface area contributed by atoms with E-state index in [1.54, 1.807) is 0 Å². The van der Waals surface area contributed by atoms with Crippen LogP contribution in [0.3, 0.4) is 0 Å². The summed E-state index contributed by atoms with van der Waals surface area (Å²) in [6.45, 7) is 1.59. The number of allylic oxidation sites excluding steroid dienone is 4. The van der Waals surface area contributed by atoms with Crippen molar-refractivity contribution < 1.29 is 17.6 Å². The molecule has 1 aliphatic carbocycles. The molecule has 0 fully saturated rings. The van der Waals surface area contributed by atoms with Crippen molar-refractivity contribution in [2.75, 3.05) is 0 Å². The molecule has 32 heavy (non-hydrogen) atoms. The summed E-state index contributed by atoms with van der Waals surface area (Å²) in [5, 5.41) is 16.1. The van der Waals surface area contributed by atoms with Crippen LogP contribution in [0.2, 0.25) is 0 Å². The number of thioether (sulfide) groups is 1. The third-order valence-corrected chi connectivity index (χ3v) is 6.54. The highest BCUT2D eigenvalue weighted by atomic mass is 32.2. The lowest BCUT2D eigenvalue weighted by atomic mass is 9.96. The Morgan fingerprint density at radius 3 is 2.91 bits per heavy atom. The van der Waals surface area contributed by atoms with E-state index in [2.05, 4.69) is 61.7 Å². The summed E-state index contributed by atoms with van der Waals surface area (Å²) in [7, 11) is -3.90. The molecular formula is C20H22N6O4S2. The predicted molar refractivity (Wildman–Crippen MR) is 121 cm³/mol. The normalized spacial score (nSPS) is 16.7. The highest BCUT2D eigenvalue weighted by molar-refractivity contribution is 8.14. The number of nitrogens with one attached hydrogen (secondary N) is 2. The van der Waals surface area contributed by atoms with Gasteiger partial charge in [0.15, 0.2) is 6.04 Å². The molecular weight excluding hydrogens is 452 g/mol. The number of benzene rings is 1. The van der Waals surface area contributed by atoms with Gasteiger partial charge in [0.25, 0.3) is 10.2 Å². The summed E-state index contributed by atoms with van der Waals surface area (Å²) < 4.78 is 29.8. The summed E-state index contributed by atoms with van der Waals surface area (Å²) >= 11 is 1.44. The number of nitrogens with zero attached hydrogens (tertiary/aromatic N) is 3. The number of fused-ring (bicyclic) bond motifs is 1. The number of rotatable bonds is 7. The van der Waals surface area contributed by atoms with Crippen LogP contribution < -0.4 is 15.2 Å². The van der Waals surface area contributed by atoms with Crippen LogP contribution in [0.1, 0.15) is 48.7 Å². The molecule has 2 aromatic rings. The van der Waals surface area contributed by atoms with E-state index in [-0.39, 0.29) is 24.2 Å². The zero-order chi connectivity index (χ0) is 22.7. The number of hydrogen-bond donors (Lipinski definition) is 3. The van der Waals surface area contributed by atoms with E-state index in [0.717, 1.165) is 28.9 Å². The minimum Gasteiger partial charge on any atom is -0.421 e. The van der Waals surface area contributed by atoms with Crippen molar-refractivity contribution in [3.05, 3.63) is 59.3 Å². The molecule has 1 amide bonds. The Balaban J connectivity index is 1.57. The maximum atomic E-state index is 11.9. The minimum absolute atomic E-state index is 0.0192. The molecule has 2 aliphatic rings. The molecule has 12 heteroatoms. The van der Waals surface area contributed by atoms with Gasteiger partial charge in [-0.25, -0.2) is 5.14 Å². The van der Waals surface area contributed by atoms with E-state index in [9.17, 15) is 13.2 Å². The smallest absolute Gasteiger partial charge is 0.274 e. The van der Waals surface area contributed by atoms with E-state index in [4.69, 9.17) is 9.56 Å². The van der Waals surface area contributed by atoms with E-state index < -0.39 is 16.3 Å². The van der Waals surface area contributed by atoms with Crippen molar-refractivity contribution in [2.24, 2.45) is 10.1 Å². The second-order valence-electron chi connectivity index (χ2n) is 7.27. The predicted octanol–water partition coefficient (Wildman–Crippen LogP) is 1.98. The Hall–Kier alpha value is -2.80. The Morgan fingerprint density at radius 1 is 1.34 bits per heavy atom. The lowest BCUT2D eigenvalue weighted by molar-refractivity contribution is -0.119. The topological polar surface area (TPSA) is 153 Å². The van der Waals surface area contributed by atoms with Crippen LogP contribution in [-0.4, -0.2) is 29.6 Å². The quantitative estimate of drug-likeness (QED) is 0.554. The maximum Gasteiger partial charge on any atom is 0.274 e. The van der Waals surface area contributed by atoms with Crippen molar-refractivity contribution >= 4 is 38.5 Å². The van der Waals surface area contributed by atoms with Gasteiger partial charge in [-0.15, -0.1) is 10.2 Å². The molecule has 1 aromatic heterocycles. The van der Waals surface area contributed by atoms with Crippen molar-refractivity contribution in [2.45, 2.75) is 43.8 Å². The number of aromatic nitrogens is 2. The first-order chi connectivity index (χ1) is 15.3. The van der Waals surface area contributed by atoms with Crippen LogP contribution >= 0.6 is 11.8 Å². The zero-order valence-electron chi connectivity index (χ0n) is 17.2. The lowest BCUT2D eigenvalue weighted by Gasteiger charge is -2.22. The van der Waals surface area contributed by atoms with Gasteiger partial charge in [-0.2, -0.15) is 13.1 Å². The summed E-state index contributed by atoms with van der Waals surface area (Å²) in [6.07, 6.45) is 8.36. The van der Waals surface area contributed by atoms with Crippen molar-refractivity contribution in [3.63, 3.8) is 0 Å². The van der Waals surface area contributed by atoms with Gasteiger partial charge in [-0.3, -0.25) is 9.79 Å². The second kappa shape index (κ2) is 9.36. The minimum atomic E-state index is -3.90. The maximum absolute atomic E-state index is 11.9. The SMILES string of the molecule is CC(=O)NC(C1=NCc2ccc(C3=CC=CCC3)cc2S1)c1nnc(CNS(N)(=O)=O)o1. The Morgan fingerprint density at radius 2 is 2.19 bits per heavy atom. The van der Waals surface area contributed by atoms with Crippen LogP contribution in [0.25, 0.3) is 5.57 Å². The van der Waals surface area contributed by atoms with Crippen molar-refractivity contribution in [3.8, 4) is 0 Å². The first kappa shape index (κ1) is 22.4. The highest BCUT2D eigenvalue weighted by Gasteiger charge is 2.29. The van der Waals surface area contributed by atoms with E-state index in [0.29, 0.717) is 11.6 Å². The number of nitrogens with two attached hydrogens (primary N) is 1. The van der Waals surface area contributed by atoms with E-state index in [1.807, 2.05) is 0 Å². The molecule has 0 spiro atoms. The summed E-state index contributed by atoms with van der Waals surface area (Å²) in [4.78, 5) is 17.5. The fourth-order valence-electron chi connectivity index (χ4n) is 3.33. The molecule has 1 unspecified atom stereocenters. The van der Waals surface area contributed by atoms with Gasteiger partial charge in [-0.1, -0.05) is 42.1 Å². The fraction of sp³-hybridized carbons (Fsp3) is 0.300. The standard InChI is InChI=1S/C20H22N6O4S2/c1-12(27)24-18(19-26-25-17(30-19)11-23-32(21,28)29)20-22-10-15-8-7-14(9-16(15)31-20)13-5-3-2-4-6-13/h2-3,5,7-9,18,23H,4,6,10-11H2,1H3,(H,24,27)(H2,21,28,29). The molecule has 0 bridgehead atoms. The Labute approximate surface area is 189 Å². The average molecular weight is 475 g/mol. The first-order valence-corrected chi connectivity index (χ1v) is 12.2. The van der Waals surface area contributed by atoms with Crippen LogP contribution in [0.4, 0.5) is 0 Å². The molecule has 168 valence electrons. The van der Waals surface area contributed by atoms with E-state index in [1.165, 1.54) is 24.3 Å². The highest BCUT2D eigenvalue weighted by Crippen LogP contribution is 2.37. The summed E-state index contributed by atoms with van der Waals surface area (Å²) in [5.74, 6) is -0.164. The lowest BCUT2D eigenvalue weighted by Crippen LogP contribution is -2.32. The Kier molecular flexibility index (Phi) is 6.55. The van der Waals surface area contributed by atoms with Crippen LogP contribution in [0, 0.1) is 0 Å². The molecule has 4 N–H and O–H groups in total. The number of hydrogen-bond acceptors (Lipinski definition) is 8. The molecule has 0 saturated carbocycles. The molecule has 1 aliphatic heterocycles. The zero-order valence-corrected chi connectivity index (χ0v) is 18.9. The number of carbonyl (C=O) groups excluding carboxylic acids is 1. The van der Waals surface area contributed by atoms with Crippen molar-refractivity contribution in [1.82, 2.24) is 20.2 Å². The number of amides is 1. The molecule has 1 aromatic carbocycles. The molecule has 0 saturated heterocycles. The number of aliphatic imine (C=N–C) groups is 1. The fourth-order valence-corrected chi connectivity index (χ4v) is 4.74.